The fraction of sp³-hybridized carbons (Fsp3) is 0.310. The van der Waals surface area contributed by atoms with Crippen molar-refractivity contribution >= 4 is 27.5 Å². The van der Waals surface area contributed by atoms with Gasteiger partial charge < -0.3 is 10.2 Å². The number of benzene rings is 3. The van der Waals surface area contributed by atoms with Crippen LogP contribution in [-0.2, 0) is 26.2 Å². The maximum absolute atomic E-state index is 13.9. The first-order chi connectivity index (χ1) is 17.6. The summed E-state index contributed by atoms with van der Waals surface area (Å²) >= 11 is 0. The molecule has 1 N–H and O–H groups in total. The Bertz CT molecular complexity index is 1330. The molecule has 0 heterocycles. The lowest BCUT2D eigenvalue weighted by Gasteiger charge is -2.32. The van der Waals surface area contributed by atoms with Gasteiger partial charge in [0.1, 0.15) is 12.6 Å². The van der Waals surface area contributed by atoms with Crippen LogP contribution in [0.3, 0.4) is 0 Å². The van der Waals surface area contributed by atoms with Crippen molar-refractivity contribution in [3.8, 4) is 0 Å². The monoisotopic (exact) mass is 521 g/mol. The molecule has 0 saturated heterocycles. The zero-order valence-corrected chi connectivity index (χ0v) is 22.7. The maximum Gasteiger partial charge on any atom is 0.264 e. The van der Waals surface area contributed by atoms with E-state index in [4.69, 9.17) is 0 Å². The van der Waals surface area contributed by atoms with Gasteiger partial charge in [0.2, 0.25) is 11.8 Å². The highest BCUT2D eigenvalue weighted by atomic mass is 32.2. The highest BCUT2D eigenvalue weighted by molar-refractivity contribution is 7.92. The molecule has 0 fully saturated rings. The number of amides is 2. The van der Waals surface area contributed by atoms with Gasteiger partial charge in [-0.3, -0.25) is 13.9 Å². The number of aryl methyl sites for hydroxylation is 2. The molecule has 1 atom stereocenters. The molecule has 8 heteroatoms. The SMILES string of the molecule is CCCNC(=O)[C@@H](C)N(Cc1ccccc1C)C(=O)CN(c1cccc(C)c1)S(=O)(=O)c1ccccc1. The number of hydrogen-bond acceptors (Lipinski definition) is 4. The first kappa shape index (κ1) is 27.9. The Hall–Kier alpha value is -3.65. The van der Waals surface area contributed by atoms with Crippen LogP contribution in [0.1, 0.15) is 37.0 Å². The number of carbonyl (C=O) groups excluding carboxylic acids is 2. The zero-order valence-electron chi connectivity index (χ0n) is 21.8. The van der Waals surface area contributed by atoms with Gasteiger partial charge in [0.15, 0.2) is 0 Å². The van der Waals surface area contributed by atoms with E-state index >= 15 is 0 Å². The highest BCUT2D eigenvalue weighted by Gasteiger charge is 2.32. The number of rotatable bonds is 11. The van der Waals surface area contributed by atoms with Gasteiger partial charge in [-0.25, -0.2) is 8.42 Å². The van der Waals surface area contributed by atoms with Gasteiger partial charge >= 0.3 is 0 Å². The fourth-order valence-corrected chi connectivity index (χ4v) is 5.41. The Morgan fingerprint density at radius 3 is 2.24 bits per heavy atom. The number of hydrogen-bond donors (Lipinski definition) is 1. The van der Waals surface area contributed by atoms with E-state index in [-0.39, 0.29) is 17.3 Å². The highest BCUT2D eigenvalue weighted by Crippen LogP contribution is 2.25. The van der Waals surface area contributed by atoms with Crippen LogP contribution in [0.2, 0.25) is 0 Å². The lowest BCUT2D eigenvalue weighted by Crippen LogP contribution is -2.51. The molecular formula is C29H35N3O4S. The third-order valence-electron chi connectivity index (χ3n) is 6.22. The lowest BCUT2D eigenvalue weighted by molar-refractivity contribution is -0.139. The number of nitrogens with zero attached hydrogens (tertiary/aromatic N) is 2. The Balaban J connectivity index is 2.02. The molecule has 0 spiro atoms. The van der Waals surface area contributed by atoms with Gasteiger partial charge in [-0.05, 0) is 68.1 Å². The van der Waals surface area contributed by atoms with Crippen molar-refractivity contribution in [1.82, 2.24) is 10.2 Å². The second-order valence-electron chi connectivity index (χ2n) is 9.08. The number of nitrogens with one attached hydrogen (secondary N) is 1. The molecule has 0 aliphatic heterocycles. The van der Waals surface area contributed by atoms with Crippen molar-refractivity contribution in [3.63, 3.8) is 0 Å². The van der Waals surface area contributed by atoms with Crippen molar-refractivity contribution in [2.24, 2.45) is 0 Å². The summed E-state index contributed by atoms with van der Waals surface area (Å²) in [5, 5.41) is 2.85. The first-order valence-corrected chi connectivity index (χ1v) is 13.8. The largest absolute Gasteiger partial charge is 0.354 e. The van der Waals surface area contributed by atoms with E-state index in [0.717, 1.165) is 27.4 Å². The quantitative estimate of drug-likeness (QED) is 0.404. The zero-order chi connectivity index (χ0) is 27.0. The van der Waals surface area contributed by atoms with E-state index in [1.54, 1.807) is 43.3 Å². The Morgan fingerprint density at radius 1 is 0.919 bits per heavy atom. The summed E-state index contributed by atoms with van der Waals surface area (Å²) < 4.78 is 28.6. The van der Waals surface area contributed by atoms with E-state index in [1.807, 2.05) is 51.1 Å². The van der Waals surface area contributed by atoms with E-state index in [9.17, 15) is 18.0 Å². The van der Waals surface area contributed by atoms with Crippen molar-refractivity contribution in [1.29, 1.82) is 0 Å². The molecule has 37 heavy (non-hydrogen) atoms. The average molecular weight is 522 g/mol. The molecule has 0 saturated carbocycles. The molecule has 7 nitrogen and oxygen atoms in total. The average Bonchev–Trinajstić information content (AvgIpc) is 2.89. The maximum atomic E-state index is 13.9. The molecule has 196 valence electrons. The van der Waals surface area contributed by atoms with Crippen molar-refractivity contribution in [3.05, 3.63) is 95.6 Å². The third-order valence-corrected chi connectivity index (χ3v) is 8.01. The van der Waals surface area contributed by atoms with Gasteiger partial charge in [0.25, 0.3) is 10.0 Å². The summed E-state index contributed by atoms with van der Waals surface area (Å²) in [6.45, 7) is 7.66. The van der Waals surface area contributed by atoms with Crippen LogP contribution >= 0.6 is 0 Å². The predicted octanol–water partition coefficient (Wildman–Crippen LogP) is 4.44. The first-order valence-electron chi connectivity index (χ1n) is 12.4. The predicted molar refractivity (Wildman–Crippen MR) is 147 cm³/mol. The Morgan fingerprint density at radius 2 is 1.59 bits per heavy atom. The molecule has 3 aromatic carbocycles. The second kappa shape index (κ2) is 12.5. The van der Waals surface area contributed by atoms with Crippen molar-refractivity contribution in [2.45, 2.75) is 51.6 Å². The summed E-state index contributed by atoms with van der Waals surface area (Å²) in [4.78, 5) is 28.3. The van der Waals surface area contributed by atoms with Crippen LogP contribution in [-0.4, -0.2) is 44.3 Å². The number of carbonyl (C=O) groups is 2. The fourth-order valence-electron chi connectivity index (χ4n) is 3.98. The minimum Gasteiger partial charge on any atom is -0.354 e. The van der Waals surface area contributed by atoms with Crippen LogP contribution in [0, 0.1) is 13.8 Å². The van der Waals surface area contributed by atoms with Crippen molar-refractivity contribution in [2.75, 3.05) is 17.4 Å². The number of sulfonamides is 1. The van der Waals surface area contributed by atoms with Crippen LogP contribution in [0.4, 0.5) is 5.69 Å². The van der Waals surface area contributed by atoms with Gasteiger partial charge in [-0.1, -0.05) is 61.5 Å². The summed E-state index contributed by atoms with van der Waals surface area (Å²) in [6.07, 6.45) is 0.765. The van der Waals surface area contributed by atoms with Crippen LogP contribution < -0.4 is 9.62 Å². The van der Waals surface area contributed by atoms with Crippen LogP contribution in [0.25, 0.3) is 0 Å². The Labute approximate surface area is 220 Å². The lowest BCUT2D eigenvalue weighted by atomic mass is 10.1. The standard InChI is InChI=1S/C29H35N3O4S/c1-5-18-30-29(34)24(4)31(20-25-14-10-9-13-23(25)3)28(33)21-32(26-15-11-12-22(2)19-26)37(35,36)27-16-7-6-8-17-27/h6-17,19,24H,5,18,20-21H2,1-4H3,(H,30,34)/t24-/m1/s1. The molecule has 0 aliphatic carbocycles. The van der Waals surface area contributed by atoms with Gasteiger partial charge in [0, 0.05) is 13.1 Å². The smallest absolute Gasteiger partial charge is 0.264 e. The van der Waals surface area contributed by atoms with Crippen LogP contribution in [0.5, 0.6) is 0 Å². The van der Waals surface area contributed by atoms with E-state index < -0.39 is 28.5 Å². The van der Waals surface area contributed by atoms with E-state index in [0.29, 0.717) is 12.2 Å². The third kappa shape index (κ3) is 6.98. The minimum absolute atomic E-state index is 0.0866. The normalized spacial score (nSPS) is 12.0. The van der Waals surface area contributed by atoms with Crippen molar-refractivity contribution < 1.29 is 18.0 Å². The molecule has 0 radical (unpaired) electrons. The summed E-state index contributed by atoms with van der Waals surface area (Å²) in [7, 11) is -4.06. The molecule has 0 unspecified atom stereocenters. The summed E-state index contributed by atoms with van der Waals surface area (Å²) in [5.41, 5.74) is 3.12. The molecule has 0 bridgehead atoms. The van der Waals surface area contributed by atoms with E-state index in [2.05, 4.69) is 5.32 Å². The second-order valence-corrected chi connectivity index (χ2v) is 10.9. The molecule has 3 rings (SSSR count). The van der Waals surface area contributed by atoms with E-state index in [1.165, 1.54) is 17.0 Å². The van der Waals surface area contributed by atoms with Crippen LogP contribution in [0.15, 0.2) is 83.8 Å². The Kier molecular flexibility index (Phi) is 9.47. The molecule has 0 aliphatic rings. The molecule has 2 amide bonds. The molecular weight excluding hydrogens is 486 g/mol. The van der Waals surface area contributed by atoms with Gasteiger partial charge in [0.05, 0.1) is 10.6 Å². The molecule has 0 aromatic heterocycles. The minimum atomic E-state index is -4.06. The summed E-state index contributed by atoms with van der Waals surface area (Å²) in [6, 6.07) is 21.9. The summed E-state index contributed by atoms with van der Waals surface area (Å²) in [5.74, 6) is -0.750. The molecule has 3 aromatic rings. The topological polar surface area (TPSA) is 86.8 Å². The van der Waals surface area contributed by atoms with Gasteiger partial charge in [-0.15, -0.1) is 0 Å². The van der Waals surface area contributed by atoms with Gasteiger partial charge in [-0.2, -0.15) is 0 Å². The number of anilines is 1.